The summed E-state index contributed by atoms with van der Waals surface area (Å²) in [5.74, 6) is -0.0408. The molecular weight excluding hydrogens is 218 g/mol. The summed E-state index contributed by atoms with van der Waals surface area (Å²) in [5.41, 5.74) is -0.314. The van der Waals surface area contributed by atoms with Crippen LogP contribution in [-0.2, 0) is 9.59 Å². The number of nitrogens with zero attached hydrogens (tertiary/aromatic N) is 1. The molecule has 0 radical (unpaired) electrons. The van der Waals surface area contributed by atoms with E-state index in [0.29, 0.717) is 13.1 Å². The zero-order chi connectivity index (χ0) is 12.9. The Morgan fingerprint density at radius 2 is 2.12 bits per heavy atom. The molecule has 1 unspecified atom stereocenters. The van der Waals surface area contributed by atoms with Crippen molar-refractivity contribution in [1.29, 1.82) is 0 Å². The first-order valence-corrected chi connectivity index (χ1v) is 6.28. The molecule has 1 aliphatic rings. The van der Waals surface area contributed by atoms with Gasteiger partial charge in [-0.25, -0.2) is 0 Å². The Labute approximate surface area is 103 Å². The molecule has 0 bridgehead atoms. The maximum atomic E-state index is 12.1. The van der Waals surface area contributed by atoms with Gasteiger partial charge in [-0.1, -0.05) is 6.92 Å². The molecule has 0 spiro atoms. The molecule has 5 nitrogen and oxygen atoms in total. The number of likely N-dealkylation sites (N-methyl/N-ethyl adjacent to an activating group) is 1. The van der Waals surface area contributed by atoms with Crippen molar-refractivity contribution in [2.45, 2.75) is 26.7 Å². The van der Waals surface area contributed by atoms with Crippen molar-refractivity contribution in [1.82, 2.24) is 15.5 Å². The number of nitrogens with one attached hydrogen (secondary N) is 2. The van der Waals surface area contributed by atoms with Crippen molar-refractivity contribution >= 4 is 11.8 Å². The van der Waals surface area contributed by atoms with E-state index in [1.54, 1.807) is 11.9 Å². The van der Waals surface area contributed by atoms with Crippen LogP contribution < -0.4 is 10.6 Å². The molecule has 1 heterocycles. The molecule has 0 aromatic heterocycles. The van der Waals surface area contributed by atoms with Crippen LogP contribution in [0.4, 0.5) is 0 Å². The highest BCUT2D eigenvalue weighted by Crippen LogP contribution is 2.29. The molecule has 1 fully saturated rings. The lowest BCUT2D eigenvalue weighted by molar-refractivity contribution is -0.135. The highest BCUT2D eigenvalue weighted by atomic mass is 16.2. The summed E-state index contributed by atoms with van der Waals surface area (Å²) in [4.78, 5) is 25.3. The van der Waals surface area contributed by atoms with Crippen LogP contribution in [0.15, 0.2) is 0 Å². The van der Waals surface area contributed by atoms with Crippen molar-refractivity contribution in [3.05, 3.63) is 0 Å². The van der Waals surface area contributed by atoms with Crippen molar-refractivity contribution < 1.29 is 9.59 Å². The molecule has 1 saturated heterocycles. The summed E-state index contributed by atoms with van der Waals surface area (Å²) >= 11 is 0. The van der Waals surface area contributed by atoms with Gasteiger partial charge < -0.3 is 15.5 Å². The van der Waals surface area contributed by atoms with Gasteiger partial charge in [-0.3, -0.25) is 9.59 Å². The number of amides is 2. The van der Waals surface area contributed by atoms with Gasteiger partial charge in [-0.05, 0) is 26.3 Å². The van der Waals surface area contributed by atoms with Gasteiger partial charge in [0.1, 0.15) is 0 Å². The van der Waals surface area contributed by atoms with E-state index in [1.807, 2.05) is 13.8 Å². The van der Waals surface area contributed by atoms with Crippen LogP contribution in [-0.4, -0.2) is 49.9 Å². The van der Waals surface area contributed by atoms with E-state index in [-0.39, 0.29) is 23.8 Å². The van der Waals surface area contributed by atoms with E-state index in [0.717, 1.165) is 19.4 Å². The zero-order valence-electron chi connectivity index (χ0n) is 11.0. The summed E-state index contributed by atoms with van der Waals surface area (Å²) < 4.78 is 0. The molecular formula is C12H23N3O2. The van der Waals surface area contributed by atoms with E-state index < -0.39 is 0 Å². The quantitative estimate of drug-likeness (QED) is 0.710. The highest BCUT2D eigenvalue weighted by Gasteiger charge is 2.39. The molecule has 2 amide bonds. The van der Waals surface area contributed by atoms with Gasteiger partial charge in [0.15, 0.2) is 0 Å². The molecule has 0 saturated carbocycles. The predicted molar refractivity (Wildman–Crippen MR) is 66.5 cm³/mol. The normalized spacial score (nSPS) is 23.5. The Balaban J connectivity index is 2.46. The van der Waals surface area contributed by atoms with Gasteiger partial charge in [0.2, 0.25) is 11.8 Å². The topological polar surface area (TPSA) is 61.4 Å². The third-order valence-electron chi connectivity index (χ3n) is 3.70. The number of hydrogen-bond acceptors (Lipinski definition) is 3. The summed E-state index contributed by atoms with van der Waals surface area (Å²) in [6, 6.07) is 0. The fourth-order valence-electron chi connectivity index (χ4n) is 2.05. The average molecular weight is 241 g/mol. The van der Waals surface area contributed by atoms with Crippen molar-refractivity contribution in [3.63, 3.8) is 0 Å². The van der Waals surface area contributed by atoms with Gasteiger partial charge >= 0.3 is 0 Å². The maximum Gasteiger partial charge on any atom is 0.241 e. The molecule has 0 aliphatic carbocycles. The van der Waals surface area contributed by atoms with E-state index in [4.69, 9.17) is 0 Å². The van der Waals surface area contributed by atoms with Gasteiger partial charge in [-0.15, -0.1) is 0 Å². The molecule has 5 heteroatoms. The lowest BCUT2D eigenvalue weighted by Gasteiger charge is -2.25. The Morgan fingerprint density at radius 1 is 1.41 bits per heavy atom. The van der Waals surface area contributed by atoms with Crippen LogP contribution in [0.1, 0.15) is 26.7 Å². The fourth-order valence-corrected chi connectivity index (χ4v) is 2.05. The molecule has 17 heavy (non-hydrogen) atoms. The van der Waals surface area contributed by atoms with E-state index >= 15 is 0 Å². The first-order chi connectivity index (χ1) is 8.05. The highest BCUT2D eigenvalue weighted by molar-refractivity contribution is 5.88. The molecule has 1 atom stereocenters. The minimum absolute atomic E-state index is 0.00264. The summed E-state index contributed by atoms with van der Waals surface area (Å²) in [7, 11) is 1.74. The fraction of sp³-hybridized carbons (Fsp3) is 0.833. The van der Waals surface area contributed by atoms with Gasteiger partial charge in [0.25, 0.3) is 0 Å². The van der Waals surface area contributed by atoms with Gasteiger partial charge in [0.05, 0.1) is 12.0 Å². The van der Waals surface area contributed by atoms with E-state index in [1.165, 1.54) is 0 Å². The Kier molecular flexibility index (Phi) is 4.93. The predicted octanol–water partition coefficient (Wildman–Crippen LogP) is -0.0294. The minimum atomic E-state index is -0.314. The van der Waals surface area contributed by atoms with Crippen molar-refractivity contribution in [2.75, 3.05) is 33.2 Å². The summed E-state index contributed by atoms with van der Waals surface area (Å²) in [6.07, 6.45) is 1.66. The monoisotopic (exact) mass is 241 g/mol. The first-order valence-electron chi connectivity index (χ1n) is 6.28. The van der Waals surface area contributed by atoms with Crippen LogP contribution in [0.25, 0.3) is 0 Å². The molecule has 1 aliphatic heterocycles. The van der Waals surface area contributed by atoms with Crippen LogP contribution in [0, 0.1) is 5.41 Å². The standard InChI is InChI=1S/C12H23N3O2/c1-4-12(6-7-13-9-12)11(17)14-8-10(16)15(3)5-2/h13H,4-9H2,1-3H3,(H,14,17). The second kappa shape index (κ2) is 6.00. The lowest BCUT2D eigenvalue weighted by atomic mass is 9.83. The third kappa shape index (κ3) is 3.19. The van der Waals surface area contributed by atoms with Gasteiger partial charge in [-0.2, -0.15) is 0 Å². The molecule has 1 rings (SSSR count). The average Bonchev–Trinajstić information content (AvgIpc) is 2.84. The molecule has 2 N–H and O–H groups in total. The smallest absolute Gasteiger partial charge is 0.241 e. The second-order valence-corrected chi connectivity index (χ2v) is 4.65. The van der Waals surface area contributed by atoms with Crippen LogP contribution in [0.5, 0.6) is 0 Å². The zero-order valence-corrected chi connectivity index (χ0v) is 11.0. The molecule has 0 aromatic rings. The van der Waals surface area contributed by atoms with E-state index in [2.05, 4.69) is 10.6 Å². The largest absolute Gasteiger partial charge is 0.347 e. The lowest BCUT2D eigenvalue weighted by Crippen LogP contribution is -2.46. The number of carbonyl (C=O) groups excluding carboxylic acids is 2. The van der Waals surface area contributed by atoms with Crippen molar-refractivity contribution in [3.8, 4) is 0 Å². The number of rotatable bonds is 5. The minimum Gasteiger partial charge on any atom is -0.347 e. The van der Waals surface area contributed by atoms with Crippen LogP contribution in [0.3, 0.4) is 0 Å². The maximum absolute atomic E-state index is 12.1. The second-order valence-electron chi connectivity index (χ2n) is 4.65. The Bertz CT molecular complexity index is 285. The number of hydrogen-bond donors (Lipinski definition) is 2. The summed E-state index contributed by atoms with van der Waals surface area (Å²) in [5, 5.41) is 5.97. The van der Waals surface area contributed by atoms with Gasteiger partial charge in [0, 0.05) is 20.1 Å². The van der Waals surface area contributed by atoms with E-state index in [9.17, 15) is 9.59 Å². The van der Waals surface area contributed by atoms with Crippen LogP contribution in [0.2, 0.25) is 0 Å². The van der Waals surface area contributed by atoms with Crippen molar-refractivity contribution in [2.24, 2.45) is 5.41 Å². The molecule has 0 aromatic carbocycles. The first kappa shape index (κ1) is 14.0. The SMILES string of the molecule is CCN(C)C(=O)CNC(=O)C1(CC)CCNC1. The Hall–Kier alpha value is -1.10. The Morgan fingerprint density at radius 3 is 2.59 bits per heavy atom. The third-order valence-corrected chi connectivity index (χ3v) is 3.70. The summed E-state index contributed by atoms with van der Waals surface area (Å²) in [6.45, 7) is 6.29. The van der Waals surface area contributed by atoms with Crippen LogP contribution >= 0.6 is 0 Å². The molecule has 98 valence electrons. The number of carbonyl (C=O) groups is 2.